The lowest BCUT2D eigenvalue weighted by atomic mass is 10.1. The number of rotatable bonds is 6. The first kappa shape index (κ1) is 20.0. The normalized spacial score (nSPS) is 11.2. The Labute approximate surface area is 169 Å². The third-order valence-electron chi connectivity index (χ3n) is 3.70. The van der Waals surface area contributed by atoms with Crippen LogP contribution in [0.25, 0.3) is 0 Å². The van der Waals surface area contributed by atoms with Gasteiger partial charge in [-0.15, -0.1) is 0 Å². The zero-order valence-corrected chi connectivity index (χ0v) is 17.0. The average Bonchev–Trinajstić information content (AvgIpc) is 3.03. The Morgan fingerprint density at radius 2 is 1.93 bits per heavy atom. The van der Waals surface area contributed by atoms with Gasteiger partial charge in [0.2, 0.25) is 5.91 Å². The van der Waals surface area contributed by atoms with Crippen molar-refractivity contribution >= 4 is 43.4 Å². The minimum absolute atomic E-state index is 0.0100. The predicted molar refractivity (Wildman–Crippen MR) is 105 cm³/mol. The molecule has 0 bridgehead atoms. The van der Waals surface area contributed by atoms with Crippen molar-refractivity contribution in [3.63, 3.8) is 0 Å². The number of benzene rings is 2. The molecule has 0 spiro atoms. The number of hydrogen-bond donors (Lipinski definition) is 2. The molecule has 1 heterocycles. The molecular formula is C18H15BrFN3O4S. The minimum atomic E-state index is -3.84. The third-order valence-corrected chi connectivity index (χ3v) is 5.68. The number of aromatic nitrogens is 1. The molecule has 1 amide bonds. The van der Waals surface area contributed by atoms with E-state index in [1.54, 1.807) is 19.1 Å². The average molecular weight is 468 g/mol. The highest BCUT2D eigenvalue weighted by atomic mass is 79.9. The van der Waals surface area contributed by atoms with E-state index in [2.05, 4.69) is 31.1 Å². The van der Waals surface area contributed by atoms with Crippen molar-refractivity contribution in [3.05, 3.63) is 70.1 Å². The van der Waals surface area contributed by atoms with Crippen LogP contribution in [0.5, 0.6) is 0 Å². The number of nitrogens with one attached hydrogen (secondary N) is 2. The first-order valence-electron chi connectivity index (χ1n) is 8.03. The molecule has 3 aromatic rings. The molecule has 28 heavy (non-hydrogen) atoms. The second-order valence-electron chi connectivity index (χ2n) is 5.89. The Bertz CT molecular complexity index is 1110. The molecule has 0 aliphatic heterocycles. The van der Waals surface area contributed by atoms with E-state index in [0.717, 1.165) is 0 Å². The lowest BCUT2D eigenvalue weighted by molar-refractivity contribution is -0.115. The molecule has 3 rings (SSSR count). The van der Waals surface area contributed by atoms with Crippen LogP contribution >= 0.6 is 15.9 Å². The molecule has 2 aromatic carbocycles. The summed E-state index contributed by atoms with van der Waals surface area (Å²) in [5, 5.41) is 6.19. The number of aryl methyl sites for hydroxylation is 1. The smallest absolute Gasteiger partial charge is 0.263 e. The van der Waals surface area contributed by atoms with E-state index in [0.29, 0.717) is 11.4 Å². The second-order valence-corrected chi connectivity index (χ2v) is 8.43. The molecule has 2 N–H and O–H groups in total. The number of carbonyl (C=O) groups excluding carboxylic acids is 1. The van der Waals surface area contributed by atoms with Gasteiger partial charge in [0.05, 0.1) is 15.8 Å². The van der Waals surface area contributed by atoms with E-state index in [1.165, 1.54) is 36.4 Å². The van der Waals surface area contributed by atoms with Gasteiger partial charge in [0.1, 0.15) is 11.6 Å². The molecule has 10 heteroatoms. The summed E-state index contributed by atoms with van der Waals surface area (Å²) in [5.41, 5.74) is 0.634. The molecule has 7 nitrogen and oxygen atoms in total. The predicted octanol–water partition coefficient (Wildman–Crippen LogP) is 3.87. The van der Waals surface area contributed by atoms with E-state index in [9.17, 15) is 17.6 Å². The summed E-state index contributed by atoms with van der Waals surface area (Å²) >= 11 is 3.07. The van der Waals surface area contributed by atoms with Gasteiger partial charge in [-0.3, -0.25) is 9.52 Å². The lowest BCUT2D eigenvalue weighted by Crippen LogP contribution is -2.16. The quantitative estimate of drug-likeness (QED) is 0.572. The molecule has 0 saturated carbocycles. The van der Waals surface area contributed by atoms with Crippen molar-refractivity contribution in [2.75, 3.05) is 10.0 Å². The van der Waals surface area contributed by atoms with Gasteiger partial charge < -0.3 is 9.84 Å². The van der Waals surface area contributed by atoms with Crippen LogP contribution in [0, 0.1) is 12.7 Å². The van der Waals surface area contributed by atoms with Gasteiger partial charge in [0.25, 0.3) is 10.0 Å². The monoisotopic (exact) mass is 467 g/mol. The molecule has 0 unspecified atom stereocenters. The van der Waals surface area contributed by atoms with Crippen LogP contribution in [0.2, 0.25) is 0 Å². The van der Waals surface area contributed by atoms with Crippen molar-refractivity contribution in [2.24, 2.45) is 0 Å². The van der Waals surface area contributed by atoms with Crippen molar-refractivity contribution in [1.82, 2.24) is 5.16 Å². The summed E-state index contributed by atoms with van der Waals surface area (Å²) < 4.78 is 46.0. The summed E-state index contributed by atoms with van der Waals surface area (Å²) in [6.45, 7) is 1.64. The van der Waals surface area contributed by atoms with Gasteiger partial charge >= 0.3 is 0 Å². The molecule has 0 fully saturated rings. The van der Waals surface area contributed by atoms with Crippen LogP contribution in [0.1, 0.15) is 11.3 Å². The van der Waals surface area contributed by atoms with Crippen molar-refractivity contribution in [3.8, 4) is 0 Å². The maximum Gasteiger partial charge on any atom is 0.263 e. The van der Waals surface area contributed by atoms with E-state index < -0.39 is 21.7 Å². The number of carbonyl (C=O) groups is 1. The molecule has 0 aliphatic carbocycles. The molecule has 0 atom stereocenters. The summed E-state index contributed by atoms with van der Waals surface area (Å²) in [6, 6.07) is 11.7. The molecule has 146 valence electrons. The molecule has 0 radical (unpaired) electrons. The zero-order valence-electron chi connectivity index (χ0n) is 14.6. The van der Waals surface area contributed by atoms with Crippen LogP contribution < -0.4 is 10.0 Å². The fourth-order valence-corrected chi connectivity index (χ4v) is 3.78. The second kappa shape index (κ2) is 8.11. The van der Waals surface area contributed by atoms with E-state index in [-0.39, 0.29) is 27.2 Å². The number of sulfonamides is 1. The van der Waals surface area contributed by atoms with Gasteiger partial charge in [-0.05, 0) is 58.7 Å². The van der Waals surface area contributed by atoms with Gasteiger partial charge in [-0.25, -0.2) is 12.8 Å². The summed E-state index contributed by atoms with van der Waals surface area (Å²) in [6.07, 6.45) is -0.154. The van der Waals surface area contributed by atoms with Gasteiger partial charge in [0.15, 0.2) is 5.82 Å². The fraction of sp³-hybridized carbons (Fsp3) is 0.111. The maximum absolute atomic E-state index is 14.0. The highest BCUT2D eigenvalue weighted by molar-refractivity contribution is 9.10. The van der Waals surface area contributed by atoms with E-state index >= 15 is 0 Å². The summed E-state index contributed by atoms with van der Waals surface area (Å²) in [7, 11) is -3.84. The fourth-order valence-electron chi connectivity index (χ4n) is 2.39. The lowest BCUT2D eigenvalue weighted by Gasteiger charge is -2.09. The van der Waals surface area contributed by atoms with Gasteiger partial charge in [-0.1, -0.05) is 17.3 Å². The minimum Gasteiger partial charge on any atom is -0.360 e. The number of anilines is 2. The zero-order chi connectivity index (χ0) is 20.3. The first-order chi connectivity index (χ1) is 13.2. The Balaban J connectivity index is 1.67. The SMILES string of the molecule is Cc1cc(NS(=O)(=O)c2ccc(NC(=O)Cc3cccc(Br)c3F)cc2)no1. The largest absolute Gasteiger partial charge is 0.360 e. The van der Waals surface area contributed by atoms with E-state index in [4.69, 9.17) is 4.52 Å². The highest BCUT2D eigenvalue weighted by Gasteiger charge is 2.17. The Hall–Kier alpha value is -2.72. The van der Waals surface area contributed by atoms with E-state index in [1.807, 2.05) is 0 Å². The first-order valence-corrected chi connectivity index (χ1v) is 10.3. The Kier molecular flexibility index (Phi) is 5.80. The Morgan fingerprint density at radius 1 is 1.21 bits per heavy atom. The van der Waals surface area contributed by atoms with Crippen molar-refractivity contribution < 1.29 is 22.1 Å². The summed E-state index contributed by atoms with van der Waals surface area (Å²) in [4.78, 5) is 12.1. The molecule has 0 saturated heterocycles. The number of hydrogen-bond acceptors (Lipinski definition) is 5. The molecule has 0 aliphatic rings. The number of nitrogens with zero attached hydrogens (tertiary/aromatic N) is 1. The highest BCUT2D eigenvalue weighted by Crippen LogP contribution is 2.21. The number of amides is 1. The van der Waals surface area contributed by atoms with Crippen molar-refractivity contribution in [2.45, 2.75) is 18.2 Å². The van der Waals surface area contributed by atoms with Crippen LogP contribution in [-0.2, 0) is 21.2 Å². The molecular weight excluding hydrogens is 453 g/mol. The van der Waals surface area contributed by atoms with Crippen LogP contribution in [0.4, 0.5) is 15.9 Å². The van der Waals surface area contributed by atoms with Crippen LogP contribution in [0.3, 0.4) is 0 Å². The maximum atomic E-state index is 14.0. The van der Waals surface area contributed by atoms with Crippen molar-refractivity contribution in [1.29, 1.82) is 0 Å². The summed E-state index contributed by atoms with van der Waals surface area (Å²) in [5.74, 6) is -0.374. The Morgan fingerprint density at radius 3 is 2.57 bits per heavy atom. The van der Waals surface area contributed by atoms with Gasteiger partial charge in [0, 0.05) is 11.8 Å². The molecule has 1 aromatic heterocycles. The van der Waals surface area contributed by atoms with Crippen LogP contribution in [0.15, 0.2) is 62.4 Å². The van der Waals surface area contributed by atoms with Gasteiger partial charge in [-0.2, -0.15) is 0 Å². The van der Waals surface area contributed by atoms with Crippen LogP contribution in [-0.4, -0.2) is 19.5 Å². The number of halogens is 2. The third kappa shape index (κ3) is 4.76. The standard InChI is InChI=1S/C18H15BrFN3O4S/c1-11-9-16(22-27-11)23-28(25,26)14-7-5-13(6-8-14)21-17(24)10-12-3-2-4-15(19)18(12)20/h2-9H,10H2,1H3,(H,21,24)(H,22,23). The topological polar surface area (TPSA) is 101 Å².